The Balaban J connectivity index is 2.81. The maximum absolute atomic E-state index is 12.0. The zero-order valence-corrected chi connectivity index (χ0v) is 9.94. The van der Waals surface area contributed by atoms with E-state index in [9.17, 15) is 4.79 Å². The van der Waals surface area contributed by atoms with Crippen molar-refractivity contribution in [2.24, 2.45) is 0 Å². The summed E-state index contributed by atoms with van der Waals surface area (Å²) in [6, 6.07) is 3.15. The fourth-order valence-corrected chi connectivity index (χ4v) is 1.60. The summed E-state index contributed by atoms with van der Waals surface area (Å²) in [5.74, 6) is -0.125. The average Bonchev–Trinajstić information content (AvgIpc) is 2.28. The number of aromatic nitrogens is 1. The number of amides is 1. The van der Waals surface area contributed by atoms with Crippen molar-refractivity contribution < 1.29 is 9.90 Å². The highest BCUT2D eigenvalue weighted by atomic mass is 35.5. The van der Waals surface area contributed by atoms with Crippen molar-refractivity contribution in [2.45, 2.75) is 13.3 Å². The normalized spacial score (nSPS) is 10.2. The number of hydrogen-bond acceptors (Lipinski definition) is 3. The molecular weight excluding hydrogens is 228 g/mol. The first-order valence-corrected chi connectivity index (χ1v) is 5.58. The number of nitrogens with zero attached hydrogens (tertiary/aromatic N) is 2. The van der Waals surface area contributed by atoms with E-state index in [-0.39, 0.29) is 12.5 Å². The lowest BCUT2D eigenvalue weighted by Gasteiger charge is -2.20. The van der Waals surface area contributed by atoms with Crippen LogP contribution in [0, 0.1) is 0 Å². The van der Waals surface area contributed by atoms with E-state index >= 15 is 0 Å². The second kappa shape index (κ2) is 6.45. The van der Waals surface area contributed by atoms with Crippen LogP contribution in [0.15, 0.2) is 18.3 Å². The number of pyridine rings is 1. The van der Waals surface area contributed by atoms with Crippen molar-refractivity contribution in [3.63, 3.8) is 0 Å². The molecule has 0 saturated heterocycles. The Kier molecular flexibility index (Phi) is 5.22. The summed E-state index contributed by atoms with van der Waals surface area (Å²) in [5, 5.41) is 9.18. The molecule has 0 radical (unpaired) electrons. The minimum absolute atomic E-state index is 0.0371. The van der Waals surface area contributed by atoms with Crippen LogP contribution in [-0.2, 0) is 0 Å². The lowest BCUT2D eigenvalue weighted by molar-refractivity contribution is 0.0722. The fraction of sp³-hybridized carbons (Fsp3) is 0.455. The second-order valence-electron chi connectivity index (χ2n) is 3.38. The minimum atomic E-state index is -0.125. The molecule has 0 unspecified atom stereocenters. The molecule has 1 rings (SSSR count). The van der Waals surface area contributed by atoms with Gasteiger partial charge in [-0.15, -0.1) is 0 Å². The average molecular weight is 243 g/mol. The first-order chi connectivity index (χ1) is 7.69. The van der Waals surface area contributed by atoms with Gasteiger partial charge in [-0.3, -0.25) is 4.79 Å². The summed E-state index contributed by atoms with van der Waals surface area (Å²) >= 11 is 5.72. The van der Waals surface area contributed by atoms with Crippen molar-refractivity contribution in [1.82, 2.24) is 9.88 Å². The van der Waals surface area contributed by atoms with Crippen LogP contribution in [0.2, 0.25) is 5.15 Å². The molecule has 0 aliphatic carbocycles. The smallest absolute Gasteiger partial charge is 0.254 e. The SMILES string of the molecule is CCCN(CCO)C(=O)c1ccnc(Cl)c1. The third-order valence-corrected chi connectivity index (χ3v) is 2.33. The Bertz CT molecular complexity index is 352. The third kappa shape index (κ3) is 3.47. The lowest BCUT2D eigenvalue weighted by atomic mass is 10.2. The monoisotopic (exact) mass is 242 g/mol. The molecular formula is C11H15ClN2O2. The van der Waals surface area contributed by atoms with E-state index in [1.165, 1.54) is 12.3 Å². The molecule has 0 spiro atoms. The Hall–Kier alpha value is -1.13. The van der Waals surface area contributed by atoms with Crippen LogP contribution in [0.3, 0.4) is 0 Å². The highest BCUT2D eigenvalue weighted by Gasteiger charge is 2.14. The number of carbonyl (C=O) groups is 1. The largest absolute Gasteiger partial charge is 0.395 e. The van der Waals surface area contributed by atoms with Crippen LogP contribution < -0.4 is 0 Å². The Morgan fingerprint density at radius 2 is 2.31 bits per heavy atom. The van der Waals surface area contributed by atoms with Gasteiger partial charge in [0, 0.05) is 24.8 Å². The van der Waals surface area contributed by atoms with E-state index in [2.05, 4.69) is 4.98 Å². The van der Waals surface area contributed by atoms with Gasteiger partial charge in [-0.2, -0.15) is 0 Å². The van der Waals surface area contributed by atoms with Gasteiger partial charge in [-0.1, -0.05) is 18.5 Å². The molecule has 16 heavy (non-hydrogen) atoms. The maximum Gasteiger partial charge on any atom is 0.254 e. The summed E-state index contributed by atoms with van der Waals surface area (Å²) < 4.78 is 0. The van der Waals surface area contributed by atoms with Crippen LogP contribution >= 0.6 is 11.6 Å². The van der Waals surface area contributed by atoms with Gasteiger partial charge in [0.05, 0.1) is 6.61 Å². The number of halogens is 1. The predicted molar refractivity (Wildman–Crippen MR) is 62.5 cm³/mol. The Morgan fingerprint density at radius 1 is 1.56 bits per heavy atom. The van der Waals surface area contributed by atoms with Gasteiger partial charge in [0.25, 0.3) is 5.91 Å². The van der Waals surface area contributed by atoms with Crippen LogP contribution in [0.5, 0.6) is 0 Å². The number of carbonyl (C=O) groups excluding carboxylic acids is 1. The van der Waals surface area contributed by atoms with E-state index in [0.717, 1.165) is 6.42 Å². The lowest BCUT2D eigenvalue weighted by Crippen LogP contribution is -2.34. The number of aliphatic hydroxyl groups is 1. The van der Waals surface area contributed by atoms with Crippen LogP contribution in [0.4, 0.5) is 0 Å². The second-order valence-corrected chi connectivity index (χ2v) is 3.77. The highest BCUT2D eigenvalue weighted by molar-refractivity contribution is 6.29. The molecule has 1 amide bonds. The molecule has 1 aromatic rings. The molecule has 0 atom stereocenters. The summed E-state index contributed by atoms with van der Waals surface area (Å²) in [6.07, 6.45) is 2.35. The quantitative estimate of drug-likeness (QED) is 0.798. The van der Waals surface area contributed by atoms with Crippen molar-refractivity contribution in [2.75, 3.05) is 19.7 Å². The van der Waals surface area contributed by atoms with Gasteiger partial charge >= 0.3 is 0 Å². The number of rotatable bonds is 5. The molecule has 1 aromatic heterocycles. The van der Waals surface area contributed by atoms with E-state index in [0.29, 0.717) is 23.8 Å². The van der Waals surface area contributed by atoms with Crippen molar-refractivity contribution in [3.05, 3.63) is 29.0 Å². The van der Waals surface area contributed by atoms with Crippen molar-refractivity contribution in [3.8, 4) is 0 Å². The molecule has 88 valence electrons. The van der Waals surface area contributed by atoms with Gasteiger partial charge in [0.1, 0.15) is 5.15 Å². The van der Waals surface area contributed by atoms with Crippen molar-refractivity contribution >= 4 is 17.5 Å². The minimum Gasteiger partial charge on any atom is -0.395 e. The summed E-state index contributed by atoms with van der Waals surface area (Å²) in [6.45, 7) is 2.91. The molecule has 4 nitrogen and oxygen atoms in total. The first kappa shape index (κ1) is 12.9. The molecule has 0 aliphatic heterocycles. The topological polar surface area (TPSA) is 53.4 Å². The molecule has 0 bridgehead atoms. The van der Waals surface area contributed by atoms with Gasteiger partial charge in [0.2, 0.25) is 0 Å². The number of aliphatic hydroxyl groups excluding tert-OH is 1. The molecule has 1 N–H and O–H groups in total. The maximum atomic E-state index is 12.0. The molecule has 0 aliphatic rings. The van der Waals surface area contributed by atoms with Crippen molar-refractivity contribution in [1.29, 1.82) is 0 Å². The Labute approximate surface area is 99.9 Å². The van der Waals surface area contributed by atoms with Gasteiger partial charge in [-0.05, 0) is 18.6 Å². The van der Waals surface area contributed by atoms with E-state index in [1.807, 2.05) is 6.92 Å². The van der Waals surface area contributed by atoms with Crippen LogP contribution in [0.25, 0.3) is 0 Å². The van der Waals surface area contributed by atoms with E-state index in [4.69, 9.17) is 16.7 Å². The van der Waals surface area contributed by atoms with Gasteiger partial charge < -0.3 is 10.0 Å². The summed E-state index contributed by atoms with van der Waals surface area (Å²) in [5.41, 5.74) is 0.502. The number of hydrogen-bond donors (Lipinski definition) is 1. The molecule has 5 heteroatoms. The van der Waals surface area contributed by atoms with E-state index in [1.54, 1.807) is 11.0 Å². The summed E-state index contributed by atoms with van der Waals surface area (Å²) in [7, 11) is 0. The first-order valence-electron chi connectivity index (χ1n) is 5.20. The summed E-state index contributed by atoms with van der Waals surface area (Å²) in [4.78, 5) is 17.4. The standard InChI is InChI=1S/C11H15ClN2O2/c1-2-5-14(6-7-15)11(16)9-3-4-13-10(12)8-9/h3-4,8,15H,2,5-7H2,1H3. The third-order valence-electron chi connectivity index (χ3n) is 2.12. The molecule has 0 aromatic carbocycles. The van der Waals surface area contributed by atoms with E-state index < -0.39 is 0 Å². The predicted octanol–water partition coefficient (Wildman–Crippen LogP) is 1.58. The highest BCUT2D eigenvalue weighted by Crippen LogP contribution is 2.10. The molecule has 0 fully saturated rings. The molecule has 1 heterocycles. The fourth-order valence-electron chi connectivity index (χ4n) is 1.42. The van der Waals surface area contributed by atoms with Crippen LogP contribution in [-0.4, -0.2) is 40.6 Å². The molecule has 0 saturated carbocycles. The zero-order valence-electron chi connectivity index (χ0n) is 9.19. The Morgan fingerprint density at radius 3 is 2.88 bits per heavy atom. The van der Waals surface area contributed by atoms with Gasteiger partial charge in [0.15, 0.2) is 0 Å². The zero-order chi connectivity index (χ0) is 12.0. The van der Waals surface area contributed by atoms with Crippen LogP contribution in [0.1, 0.15) is 23.7 Å². The van der Waals surface area contributed by atoms with Gasteiger partial charge in [-0.25, -0.2) is 4.98 Å².